The predicted molar refractivity (Wildman–Crippen MR) is 64.2 cm³/mol. The monoisotopic (exact) mass is 214 g/mol. The summed E-state index contributed by atoms with van der Waals surface area (Å²) >= 11 is 0. The first-order chi connectivity index (χ1) is 7.36. The number of rotatable bonds is 7. The van der Waals surface area contributed by atoms with Crippen LogP contribution in [-0.4, -0.2) is 50.3 Å². The van der Waals surface area contributed by atoms with Crippen LogP contribution in [0.15, 0.2) is 0 Å². The van der Waals surface area contributed by atoms with E-state index >= 15 is 0 Å². The zero-order valence-corrected chi connectivity index (χ0v) is 10.3. The van der Waals surface area contributed by atoms with E-state index in [0.29, 0.717) is 6.10 Å². The Labute approximate surface area is 94.2 Å². The molecule has 1 saturated heterocycles. The molecule has 1 heterocycles. The van der Waals surface area contributed by atoms with Crippen LogP contribution in [0.5, 0.6) is 0 Å². The van der Waals surface area contributed by atoms with Crippen LogP contribution in [0.4, 0.5) is 0 Å². The molecule has 0 aromatic rings. The Kier molecular flexibility index (Phi) is 6.98. The van der Waals surface area contributed by atoms with Gasteiger partial charge in [-0.1, -0.05) is 13.8 Å². The molecule has 90 valence electrons. The maximum atomic E-state index is 5.66. The Morgan fingerprint density at radius 3 is 2.67 bits per heavy atom. The van der Waals surface area contributed by atoms with Gasteiger partial charge in [0.15, 0.2) is 0 Å². The van der Waals surface area contributed by atoms with Crippen LogP contribution in [0, 0.1) is 0 Å². The molecule has 1 aliphatic heterocycles. The van der Waals surface area contributed by atoms with E-state index in [2.05, 4.69) is 24.1 Å². The number of nitrogens with one attached hydrogen (secondary N) is 1. The van der Waals surface area contributed by atoms with Crippen molar-refractivity contribution in [3.63, 3.8) is 0 Å². The van der Waals surface area contributed by atoms with Crippen molar-refractivity contribution in [3.05, 3.63) is 0 Å². The van der Waals surface area contributed by atoms with Gasteiger partial charge in [0.05, 0.1) is 6.10 Å². The van der Waals surface area contributed by atoms with Gasteiger partial charge in [-0.3, -0.25) is 0 Å². The molecule has 3 heteroatoms. The topological polar surface area (TPSA) is 24.5 Å². The molecule has 0 aromatic carbocycles. The minimum absolute atomic E-state index is 0.468. The van der Waals surface area contributed by atoms with Crippen molar-refractivity contribution < 1.29 is 4.74 Å². The second-order valence-electron chi connectivity index (χ2n) is 4.22. The zero-order chi connectivity index (χ0) is 10.9. The van der Waals surface area contributed by atoms with E-state index in [1.165, 1.54) is 19.3 Å². The van der Waals surface area contributed by atoms with Crippen molar-refractivity contribution in [2.45, 2.75) is 39.2 Å². The SMILES string of the molecule is CCN(CC)CCNCC1CCCCO1. The first kappa shape index (κ1) is 12.9. The van der Waals surface area contributed by atoms with E-state index < -0.39 is 0 Å². The number of likely N-dealkylation sites (N-methyl/N-ethyl adjacent to an activating group) is 1. The molecule has 0 spiro atoms. The third kappa shape index (κ3) is 5.50. The first-order valence-corrected chi connectivity index (χ1v) is 6.41. The molecule has 1 N–H and O–H groups in total. The molecule has 1 unspecified atom stereocenters. The molecule has 0 aliphatic carbocycles. The second kappa shape index (κ2) is 8.08. The Bertz CT molecular complexity index is 143. The summed E-state index contributed by atoms with van der Waals surface area (Å²) in [5, 5.41) is 3.49. The Morgan fingerprint density at radius 1 is 1.27 bits per heavy atom. The smallest absolute Gasteiger partial charge is 0.0699 e. The molecular formula is C12H26N2O. The summed E-state index contributed by atoms with van der Waals surface area (Å²) < 4.78 is 5.66. The molecule has 1 aliphatic rings. The molecule has 0 radical (unpaired) electrons. The molecule has 0 saturated carbocycles. The van der Waals surface area contributed by atoms with Gasteiger partial charge in [0, 0.05) is 26.2 Å². The lowest BCUT2D eigenvalue weighted by molar-refractivity contribution is 0.0168. The molecule has 0 bridgehead atoms. The third-order valence-corrected chi connectivity index (χ3v) is 3.15. The molecule has 0 amide bonds. The van der Waals surface area contributed by atoms with Crippen molar-refractivity contribution in [1.82, 2.24) is 10.2 Å². The van der Waals surface area contributed by atoms with Crippen LogP contribution >= 0.6 is 0 Å². The van der Waals surface area contributed by atoms with Gasteiger partial charge in [0.2, 0.25) is 0 Å². The number of hydrogen-bond acceptors (Lipinski definition) is 3. The van der Waals surface area contributed by atoms with Crippen molar-refractivity contribution in [3.8, 4) is 0 Å². The quantitative estimate of drug-likeness (QED) is 0.650. The predicted octanol–water partition coefficient (Wildman–Crippen LogP) is 1.49. The highest BCUT2D eigenvalue weighted by Gasteiger charge is 2.12. The zero-order valence-electron chi connectivity index (χ0n) is 10.3. The van der Waals surface area contributed by atoms with Crippen LogP contribution in [0.1, 0.15) is 33.1 Å². The Morgan fingerprint density at radius 2 is 2.07 bits per heavy atom. The average molecular weight is 214 g/mol. The fourth-order valence-electron chi connectivity index (χ4n) is 2.01. The Hall–Kier alpha value is -0.120. The van der Waals surface area contributed by atoms with Crippen LogP contribution in [0.25, 0.3) is 0 Å². The summed E-state index contributed by atoms with van der Waals surface area (Å²) in [5.41, 5.74) is 0. The Balaban J connectivity index is 1.95. The van der Waals surface area contributed by atoms with Crippen LogP contribution < -0.4 is 5.32 Å². The fraction of sp³-hybridized carbons (Fsp3) is 1.00. The maximum Gasteiger partial charge on any atom is 0.0699 e. The molecule has 15 heavy (non-hydrogen) atoms. The second-order valence-corrected chi connectivity index (χ2v) is 4.22. The van der Waals surface area contributed by atoms with Gasteiger partial charge in [0.25, 0.3) is 0 Å². The molecule has 1 fully saturated rings. The highest BCUT2D eigenvalue weighted by molar-refractivity contribution is 4.67. The van der Waals surface area contributed by atoms with E-state index in [9.17, 15) is 0 Å². The van der Waals surface area contributed by atoms with Crippen molar-refractivity contribution in [2.75, 3.05) is 39.3 Å². The summed E-state index contributed by atoms with van der Waals surface area (Å²) in [6.45, 7) is 11.0. The largest absolute Gasteiger partial charge is 0.377 e. The third-order valence-electron chi connectivity index (χ3n) is 3.15. The first-order valence-electron chi connectivity index (χ1n) is 6.41. The summed E-state index contributed by atoms with van der Waals surface area (Å²) in [6, 6.07) is 0. The van der Waals surface area contributed by atoms with Crippen LogP contribution in [0.2, 0.25) is 0 Å². The lowest BCUT2D eigenvalue weighted by Crippen LogP contribution is -2.37. The van der Waals surface area contributed by atoms with Gasteiger partial charge in [-0.15, -0.1) is 0 Å². The number of nitrogens with zero attached hydrogens (tertiary/aromatic N) is 1. The van der Waals surface area contributed by atoms with Crippen LogP contribution in [-0.2, 0) is 4.74 Å². The average Bonchev–Trinajstić information content (AvgIpc) is 2.31. The number of ether oxygens (including phenoxy) is 1. The molecule has 1 rings (SSSR count). The normalized spacial score (nSPS) is 22.2. The molecular weight excluding hydrogens is 188 g/mol. The summed E-state index contributed by atoms with van der Waals surface area (Å²) in [4.78, 5) is 2.44. The maximum absolute atomic E-state index is 5.66. The lowest BCUT2D eigenvalue weighted by atomic mass is 10.1. The van der Waals surface area contributed by atoms with Crippen molar-refractivity contribution in [1.29, 1.82) is 0 Å². The van der Waals surface area contributed by atoms with E-state index in [-0.39, 0.29) is 0 Å². The van der Waals surface area contributed by atoms with E-state index in [1.54, 1.807) is 0 Å². The lowest BCUT2D eigenvalue weighted by Gasteiger charge is -2.24. The highest BCUT2D eigenvalue weighted by atomic mass is 16.5. The van der Waals surface area contributed by atoms with Gasteiger partial charge in [-0.2, -0.15) is 0 Å². The summed E-state index contributed by atoms with van der Waals surface area (Å²) in [7, 11) is 0. The van der Waals surface area contributed by atoms with Gasteiger partial charge in [-0.05, 0) is 32.4 Å². The fourth-order valence-corrected chi connectivity index (χ4v) is 2.01. The van der Waals surface area contributed by atoms with Crippen molar-refractivity contribution >= 4 is 0 Å². The molecule has 0 aromatic heterocycles. The summed E-state index contributed by atoms with van der Waals surface area (Å²) in [5.74, 6) is 0. The van der Waals surface area contributed by atoms with Gasteiger partial charge >= 0.3 is 0 Å². The molecule has 3 nitrogen and oxygen atoms in total. The van der Waals surface area contributed by atoms with E-state index in [4.69, 9.17) is 4.74 Å². The molecule has 1 atom stereocenters. The van der Waals surface area contributed by atoms with Gasteiger partial charge in [0.1, 0.15) is 0 Å². The highest BCUT2D eigenvalue weighted by Crippen LogP contribution is 2.11. The van der Waals surface area contributed by atoms with E-state index in [0.717, 1.165) is 39.3 Å². The standard InChI is InChI=1S/C12H26N2O/c1-3-14(4-2)9-8-13-11-12-7-5-6-10-15-12/h12-13H,3-11H2,1-2H3. The van der Waals surface area contributed by atoms with Gasteiger partial charge in [-0.25, -0.2) is 0 Å². The minimum atomic E-state index is 0.468. The minimum Gasteiger partial charge on any atom is -0.377 e. The van der Waals surface area contributed by atoms with E-state index in [1.807, 2.05) is 0 Å². The van der Waals surface area contributed by atoms with Crippen LogP contribution in [0.3, 0.4) is 0 Å². The van der Waals surface area contributed by atoms with Crippen molar-refractivity contribution in [2.24, 2.45) is 0 Å². The van der Waals surface area contributed by atoms with Gasteiger partial charge < -0.3 is 15.0 Å². The number of hydrogen-bond donors (Lipinski definition) is 1. The summed E-state index contributed by atoms with van der Waals surface area (Å²) in [6.07, 6.45) is 4.28.